The Morgan fingerprint density at radius 1 is 1.16 bits per heavy atom. The average molecular weight is 264 g/mol. The Hall–Kier alpha value is -0.610. The molecule has 4 heteroatoms. The van der Waals surface area contributed by atoms with E-state index in [1.165, 1.54) is 19.3 Å². The number of amides is 1. The number of hydrogen-bond acceptors (Lipinski definition) is 3. The summed E-state index contributed by atoms with van der Waals surface area (Å²) in [6, 6.07) is 0.462. The van der Waals surface area contributed by atoms with Gasteiger partial charge in [-0.3, -0.25) is 9.69 Å². The van der Waals surface area contributed by atoms with Gasteiger partial charge in [-0.2, -0.15) is 0 Å². The van der Waals surface area contributed by atoms with E-state index in [0.717, 1.165) is 45.3 Å². The largest absolute Gasteiger partial charge is 0.370 e. The first kappa shape index (κ1) is 12.2. The fourth-order valence-electron chi connectivity index (χ4n) is 5.03. The molecule has 4 nitrogen and oxygen atoms in total. The monoisotopic (exact) mass is 264 g/mol. The molecule has 1 amide bonds. The van der Waals surface area contributed by atoms with Crippen LogP contribution in [0.25, 0.3) is 0 Å². The predicted octanol–water partition coefficient (Wildman–Crippen LogP) is 1.19. The summed E-state index contributed by atoms with van der Waals surface area (Å²) < 4.78 is 0. The highest BCUT2D eigenvalue weighted by Crippen LogP contribution is 2.47. The zero-order chi connectivity index (χ0) is 13.0. The molecule has 0 aromatic heterocycles. The van der Waals surface area contributed by atoms with Gasteiger partial charge in [0.2, 0.25) is 5.91 Å². The molecule has 106 valence electrons. The van der Waals surface area contributed by atoms with Crippen molar-refractivity contribution in [3.63, 3.8) is 0 Å². The summed E-state index contributed by atoms with van der Waals surface area (Å²) in [6.07, 6.45) is 7.52. The molecule has 0 radical (unpaired) electrons. The second kappa shape index (κ2) is 4.19. The van der Waals surface area contributed by atoms with Crippen LogP contribution in [-0.4, -0.2) is 52.2 Å². The van der Waals surface area contributed by atoms with Gasteiger partial charge in [0.1, 0.15) is 5.72 Å². The lowest BCUT2D eigenvalue weighted by Gasteiger charge is -2.59. The Bertz CT molecular complexity index is 400. The molecule has 4 unspecified atom stereocenters. The SMILES string of the molecule is O=C1C2CC(CN3CCCCC23)C2(O)CCCCN12. The minimum absolute atomic E-state index is 0.164. The van der Waals surface area contributed by atoms with Crippen LogP contribution in [0.15, 0.2) is 0 Å². The van der Waals surface area contributed by atoms with Gasteiger partial charge in [-0.25, -0.2) is 0 Å². The fraction of sp³-hybridized carbons (Fsp3) is 0.933. The summed E-state index contributed by atoms with van der Waals surface area (Å²) in [7, 11) is 0. The van der Waals surface area contributed by atoms with E-state index in [2.05, 4.69) is 4.90 Å². The maximum absolute atomic E-state index is 12.8. The Morgan fingerprint density at radius 2 is 2.00 bits per heavy atom. The van der Waals surface area contributed by atoms with Gasteiger partial charge in [-0.15, -0.1) is 0 Å². The van der Waals surface area contributed by atoms with Gasteiger partial charge in [0.15, 0.2) is 0 Å². The van der Waals surface area contributed by atoms with Crippen LogP contribution in [0.1, 0.15) is 44.9 Å². The molecule has 4 aliphatic rings. The van der Waals surface area contributed by atoms with Gasteiger partial charge in [0.25, 0.3) is 0 Å². The van der Waals surface area contributed by atoms with Crippen molar-refractivity contribution in [3.8, 4) is 0 Å². The highest BCUT2D eigenvalue weighted by atomic mass is 16.3. The fourth-order valence-corrected chi connectivity index (χ4v) is 5.03. The molecular weight excluding hydrogens is 240 g/mol. The lowest BCUT2D eigenvalue weighted by molar-refractivity contribution is -0.226. The zero-order valence-electron chi connectivity index (χ0n) is 11.6. The van der Waals surface area contributed by atoms with Crippen LogP contribution in [0.2, 0.25) is 0 Å². The molecule has 2 bridgehead atoms. The number of piperidine rings is 4. The van der Waals surface area contributed by atoms with Crippen molar-refractivity contribution in [1.82, 2.24) is 9.80 Å². The van der Waals surface area contributed by atoms with Gasteiger partial charge in [0.05, 0.1) is 5.92 Å². The van der Waals surface area contributed by atoms with E-state index >= 15 is 0 Å². The number of hydrogen-bond donors (Lipinski definition) is 1. The lowest BCUT2D eigenvalue weighted by Crippen LogP contribution is -2.71. The van der Waals surface area contributed by atoms with Crippen LogP contribution in [0.3, 0.4) is 0 Å². The average Bonchev–Trinajstić information content (AvgIpc) is 2.45. The maximum atomic E-state index is 12.8. The van der Waals surface area contributed by atoms with Crippen LogP contribution in [0.4, 0.5) is 0 Å². The normalized spacial score (nSPS) is 46.7. The van der Waals surface area contributed by atoms with E-state index in [9.17, 15) is 9.90 Å². The van der Waals surface area contributed by atoms with Crippen molar-refractivity contribution in [2.24, 2.45) is 11.8 Å². The molecule has 4 heterocycles. The number of nitrogens with zero attached hydrogens (tertiary/aromatic N) is 2. The number of fused-ring (bicyclic) bond motifs is 6. The third-order valence-electron chi connectivity index (χ3n) is 6.00. The molecule has 0 aromatic carbocycles. The van der Waals surface area contributed by atoms with Crippen LogP contribution in [-0.2, 0) is 4.79 Å². The topological polar surface area (TPSA) is 43.8 Å². The van der Waals surface area contributed by atoms with Gasteiger partial charge in [0, 0.05) is 25.0 Å². The standard InChI is InChI=1S/C15H24N2O2/c18-14-12-9-11(10-16-7-3-1-5-13(12)16)15(19)6-2-4-8-17(14)15/h11-13,19H,1-10H2. The Kier molecular flexibility index (Phi) is 2.68. The Labute approximate surface area is 114 Å². The lowest BCUT2D eigenvalue weighted by atomic mass is 9.68. The Morgan fingerprint density at radius 3 is 2.89 bits per heavy atom. The third-order valence-corrected chi connectivity index (χ3v) is 6.00. The van der Waals surface area contributed by atoms with Gasteiger partial charge >= 0.3 is 0 Å². The number of rotatable bonds is 0. The summed E-state index contributed by atoms with van der Waals surface area (Å²) in [4.78, 5) is 17.1. The molecule has 4 fully saturated rings. The molecule has 4 atom stereocenters. The molecule has 0 aliphatic carbocycles. The first-order valence-corrected chi connectivity index (χ1v) is 7.98. The number of carbonyl (C=O) groups excluding carboxylic acids is 1. The second-order valence-electron chi connectivity index (χ2n) is 6.92. The van der Waals surface area contributed by atoms with Gasteiger partial charge in [-0.1, -0.05) is 6.42 Å². The number of aliphatic hydroxyl groups is 1. The van der Waals surface area contributed by atoms with E-state index in [0.29, 0.717) is 6.04 Å². The molecule has 4 aliphatic heterocycles. The van der Waals surface area contributed by atoms with Gasteiger partial charge < -0.3 is 10.0 Å². The molecule has 0 saturated carbocycles. The molecule has 0 aromatic rings. The first-order valence-electron chi connectivity index (χ1n) is 7.98. The summed E-state index contributed by atoms with van der Waals surface area (Å²) in [5, 5.41) is 11.0. The van der Waals surface area contributed by atoms with E-state index in [1.54, 1.807) is 0 Å². The third kappa shape index (κ3) is 1.62. The van der Waals surface area contributed by atoms with Crippen molar-refractivity contribution in [1.29, 1.82) is 0 Å². The minimum Gasteiger partial charge on any atom is -0.370 e. The minimum atomic E-state index is -0.825. The van der Waals surface area contributed by atoms with Crippen LogP contribution in [0.5, 0.6) is 0 Å². The molecule has 0 spiro atoms. The van der Waals surface area contributed by atoms with Crippen LogP contribution < -0.4 is 0 Å². The summed E-state index contributed by atoms with van der Waals surface area (Å²) in [5.74, 6) is 0.692. The predicted molar refractivity (Wildman–Crippen MR) is 71.3 cm³/mol. The summed E-state index contributed by atoms with van der Waals surface area (Å²) in [6.45, 7) is 2.90. The smallest absolute Gasteiger partial charge is 0.229 e. The molecular formula is C15H24N2O2. The van der Waals surface area contributed by atoms with Crippen LogP contribution >= 0.6 is 0 Å². The van der Waals surface area contributed by atoms with E-state index < -0.39 is 5.72 Å². The van der Waals surface area contributed by atoms with Crippen molar-refractivity contribution in [2.45, 2.75) is 56.7 Å². The Balaban J connectivity index is 1.69. The quantitative estimate of drug-likeness (QED) is 0.715. The summed E-state index contributed by atoms with van der Waals surface area (Å²) in [5.41, 5.74) is -0.825. The maximum Gasteiger partial charge on any atom is 0.229 e. The van der Waals surface area contributed by atoms with E-state index in [-0.39, 0.29) is 17.7 Å². The van der Waals surface area contributed by atoms with Crippen molar-refractivity contribution in [3.05, 3.63) is 0 Å². The van der Waals surface area contributed by atoms with E-state index in [1.807, 2.05) is 4.90 Å². The van der Waals surface area contributed by atoms with Crippen molar-refractivity contribution < 1.29 is 9.90 Å². The molecule has 19 heavy (non-hydrogen) atoms. The molecule has 4 rings (SSSR count). The van der Waals surface area contributed by atoms with Crippen molar-refractivity contribution in [2.75, 3.05) is 19.6 Å². The first-order chi connectivity index (χ1) is 9.20. The van der Waals surface area contributed by atoms with Crippen molar-refractivity contribution >= 4 is 5.91 Å². The van der Waals surface area contributed by atoms with E-state index in [4.69, 9.17) is 0 Å². The second-order valence-corrected chi connectivity index (χ2v) is 6.92. The van der Waals surface area contributed by atoms with Crippen LogP contribution in [0, 0.1) is 11.8 Å². The highest BCUT2D eigenvalue weighted by Gasteiger charge is 2.57. The number of carbonyl (C=O) groups is 1. The van der Waals surface area contributed by atoms with Gasteiger partial charge in [-0.05, 0) is 45.1 Å². The molecule has 1 N–H and O–H groups in total. The zero-order valence-corrected chi connectivity index (χ0v) is 11.6. The summed E-state index contributed by atoms with van der Waals surface area (Å²) >= 11 is 0. The highest BCUT2D eigenvalue weighted by molar-refractivity contribution is 5.81. The molecule has 4 saturated heterocycles.